The predicted molar refractivity (Wildman–Crippen MR) is 128 cm³/mol. The molecule has 2 aromatic carbocycles. The number of likely N-dealkylation sites (tertiary alicyclic amines) is 1. The largest absolute Gasteiger partial charge is 0.497 e. The monoisotopic (exact) mass is 449 g/mol. The normalized spacial score (nSPS) is 14.8. The Balaban J connectivity index is 1.38. The van der Waals surface area contributed by atoms with Crippen molar-refractivity contribution in [1.29, 1.82) is 0 Å². The summed E-state index contributed by atoms with van der Waals surface area (Å²) in [6, 6.07) is 15.7. The van der Waals surface area contributed by atoms with Crippen LogP contribution in [-0.4, -0.2) is 62.4 Å². The molecule has 0 unspecified atom stereocenters. The minimum absolute atomic E-state index is 0.0491. The topological polar surface area (TPSA) is 72.9 Å². The maximum absolute atomic E-state index is 12.6. The molecule has 0 bridgehead atoms. The van der Waals surface area contributed by atoms with E-state index in [1.165, 1.54) is 10.9 Å². The number of rotatable bonds is 9. The van der Waals surface area contributed by atoms with Gasteiger partial charge in [-0.15, -0.1) is 0 Å². The molecular formula is C26H31N3O4. The van der Waals surface area contributed by atoms with Crippen LogP contribution >= 0.6 is 0 Å². The van der Waals surface area contributed by atoms with Crippen molar-refractivity contribution in [3.63, 3.8) is 0 Å². The second-order valence-corrected chi connectivity index (χ2v) is 8.19. The van der Waals surface area contributed by atoms with Crippen molar-refractivity contribution in [2.24, 2.45) is 0 Å². The number of piperidine rings is 1. The van der Waals surface area contributed by atoms with Gasteiger partial charge in [0.25, 0.3) is 5.91 Å². The number of amides is 1. The molecule has 1 amide bonds. The average molecular weight is 450 g/mol. The molecule has 174 valence electrons. The summed E-state index contributed by atoms with van der Waals surface area (Å²) in [6.07, 6.45) is 3.72. The Labute approximate surface area is 194 Å². The molecule has 1 aliphatic rings. The van der Waals surface area contributed by atoms with Crippen LogP contribution in [0.15, 0.2) is 54.7 Å². The van der Waals surface area contributed by atoms with E-state index in [1.54, 1.807) is 32.4 Å². The zero-order chi connectivity index (χ0) is 23.0. The molecule has 0 aliphatic carbocycles. The number of para-hydroxylation sites is 1. The second-order valence-electron chi connectivity index (χ2n) is 8.19. The summed E-state index contributed by atoms with van der Waals surface area (Å²) >= 11 is 0. The molecule has 7 heteroatoms. The van der Waals surface area contributed by atoms with Crippen molar-refractivity contribution >= 4 is 16.8 Å². The fraction of sp³-hybridized carbons (Fsp3) is 0.385. The molecule has 0 saturated carbocycles. The Bertz CT molecular complexity index is 1070. The van der Waals surface area contributed by atoms with Crippen LogP contribution in [0, 0.1) is 0 Å². The number of carbonyl (C=O) groups excluding carboxylic acids is 1. The molecule has 0 atom stereocenters. The van der Waals surface area contributed by atoms with Crippen LogP contribution in [0.5, 0.6) is 11.5 Å². The molecule has 3 aromatic rings. The molecule has 1 N–H and O–H groups in total. The van der Waals surface area contributed by atoms with E-state index in [2.05, 4.69) is 39.5 Å². The molecule has 1 fully saturated rings. The van der Waals surface area contributed by atoms with Gasteiger partial charge in [-0.05, 0) is 42.7 Å². The molecule has 0 radical (unpaired) electrons. The lowest BCUT2D eigenvalue weighted by atomic mass is 10.0. The van der Waals surface area contributed by atoms with Crippen LogP contribution in [0.25, 0.3) is 10.9 Å². The lowest BCUT2D eigenvalue weighted by Crippen LogP contribution is -2.38. The van der Waals surface area contributed by atoms with E-state index < -0.39 is 0 Å². The molecule has 1 saturated heterocycles. The Morgan fingerprint density at radius 1 is 1.12 bits per heavy atom. The number of ether oxygens (including phenoxy) is 3. The van der Waals surface area contributed by atoms with Gasteiger partial charge in [0.2, 0.25) is 0 Å². The number of carbonyl (C=O) groups is 1. The van der Waals surface area contributed by atoms with Gasteiger partial charge >= 0.3 is 0 Å². The van der Waals surface area contributed by atoms with Crippen LogP contribution in [0.4, 0.5) is 0 Å². The van der Waals surface area contributed by atoms with Crippen molar-refractivity contribution in [3.05, 3.63) is 65.9 Å². The van der Waals surface area contributed by atoms with Gasteiger partial charge in [-0.3, -0.25) is 14.7 Å². The number of aromatic nitrogens is 1. The first-order valence-electron chi connectivity index (χ1n) is 11.3. The van der Waals surface area contributed by atoms with E-state index in [1.807, 2.05) is 12.3 Å². The second kappa shape index (κ2) is 11.1. The average Bonchev–Trinajstić information content (AvgIpc) is 2.85. The van der Waals surface area contributed by atoms with Crippen LogP contribution in [0.3, 0.4) is 0 Å². The highest BCUT2D eigenvalue weighted by Crippen LogP contribution is 2.28. The number of pyridine rings is 1. The molecule has 33 heavy (non-hydrogen) atoms. The number of benzene rings is 2. The fourth-order valence-electron chi connectivity index (χ4n) is 4.18. The van der Waals surface area contributed by atoms with Gasteiger partial charge in [0.05, 0.1) is 24.8 Å². The number of methoxy groups -OCH3 is 2. The molecular weight excluding hydrogens is 418 g/mol. The smallest absolute Gasteiger partial charge is 0.255 e. The zero-order valence-corrected chi connectivity index (χ0v) is 19.3. The predicted octanol–water partition coefficient (Wildman–Crippen LogP) is 3.66. The summed E-state index contributed by atoms with van der Waals surface area (Å²) in [5, 5.41) is 4.07. The number of nitrogens with zero attached hydrogens (tertiary/aromatic N) is 2. The molecule has 0 spiro atoms. The fourth-order valence-corrected chi connectivity index (χ4v) is 4.18. The Hall–Kier alpha value is -3.16. The highest BCUT2D eigenvalue weighted by atomic mass is 16.5. The minimum Gasteiger partial charge on any atom is -0.497 e. The summed E-state index contributed by atoms with van der Waals surface area (Å²) < 4.78 is 16.7. The third kappa shape index (κ3) is 5.80. The zero-order valence-electron chi connectivity index (χ0n) is 19.3. The molecule has 2 heterocycles. The third-order valence-electron chi connectivity index (χ3n) is 5.99. The van der Waals surface area contributed by atoms with Gasteiger partial charge in [-0.1, -0.05) is 18.2 Å². The maximum Gasteiger partial charge on any atom is 0.255 e. The van der Waals surface area contributed by atoms with Crippen LogP contribution < -0.4 is 14.8 Å². The standard InChI is InChI=1S/C26H31N3O4/c1-31-16-13-28-26(30)23-8-7-21(32-2)17-25(23)33-20-10-14-29(15-11-20)18-19-9-12-27-24-6-4-3-5-22(19)24/h3-9,12,17,20H,10-11,13-16,18H2,1-2H3,(H,28,30). The Morgan fingerprint density at radius 2 is 1.94 bits per heavy atom. The quantitative estimate of drug-likeness (QED) is 0.503. The van der Waals surface area contributed by atoms with Crippen molar-refractivity contribution < 1.29 is 19.0 Å². The van der Waals surface area contributed by atoms with Crippen LogP contribution in [0.2, 0.25) is 0 Å². The van der Waals surface area contributed by atoms with E-state index in [0.29, 0.717) is 30.2 Å². The summed E-state index contributed by atoms with van der Waals surface area (Å²) in [7, 11) is 3.22. The molecule has 1 aromatic heterocycles. The summed E-state index contributed by atoms with van der Waals surface area (Å²) in [5.41, 5.74) is 2.84. The first-order valence-corrected chi connectivity index (χ1v) is 11.3. The van der Waals surface area contributed by atoms with Gasteiger partial charge in [0.15, 0.2) is 0 Å². The van der Waals surface area contributed by atoms with Crippen molar-refractivity contribution in [2.75, 3.05) is 40.5 Å². The highest BCUT2D eigenvalue weighted by molar-refractivity contribution is 5.97. The van der Waals surface area contributed by atoms with Gasteiger partial charge < -0.3 is 19.5 Å². The first-order chi connectivity index (χ1) is 16.2. The molecule has 4 rings (SSSR count). The SMILES string of the molecule is COCCNC(=O)c1ccc(OC)cc1OC1CCN(Cc2ccnc3ccccc23)CC1. The van der Waals surface area contributed by atoms with Gasteiger partial charge in [-0.25, -0.2) is 0 Å². The number of nitrogens with one attached hydrogen (secondary N) is 1. The van der Waals surface area contributed by atoms with Gasteiger partial charge in [0, 0.05) is 50.9 Å². The number of hydrogen-bond acceptors (Lipinski definition) is 6. The summed E-state index contributed by atoms with van der Waals surface area (Å²) in [5.74, 6) is 1.05. The lowest BCUT2D eigenvalue weighted by Gasteiger charge is -2.32. The van der Waals surface area contributed by atoms with Crippen LogP contribution in [-0.2, 0) is 11.3 Å². The van der Waals surface area contributed by atoms with Crippen molar-refractivity contribution in [1.82, 2.24) is 15.2 Å². The first kappa shape index (κ1) is 23.0. The lowest BCUT2D eigenvalue weighted by molar-refractivity contribution is 0.0882. The maximum atomic E-state index is 12.6. The van der Waals surface area contributed by atoms with E-state index >= 15 is 0 Å². The summed E-state index contributed by atoms with van der Waals surface area (Å²) in [4.78, 5) is 19.6. The van der Waals surface area contributed by atoms with E-state index in [9.17, 15) is 4.79 Å². The van der Waals surface area contributed by atoms with Crippen molar-refractivity contribution in [3.8, 4) is 11.5 Å². The van der Waals surface area contributed by atoms with Crippen molar-refractivity contribution in [2.45, 2.75) is 25.5 Å². The molecule has 1 aliphatic heterocycles. The Kier molecular flexibility index (Phi) is 7.75. The van der Waals surface area contributed by atoms with E-state index in [0.717, 1.165) is 38.0 Å². The molecule has 7 nitrogen and oxygen atoms in total. The Morgan fingerprint density at radius 3 is 2.73 bits per heavy atom. The van der Waals surface area contributed by atoms with E-state index in [-0.39, 0.29) is 12.0 Å². The van der Waals surface area contributed by atoms with Gasteiger partial charge in [0.1, 0.15) is 17.6 Å². The van der Waals surface area contributed by atoms with Gasteiger partial charge in [-0.2, -0.15) is 0 Å². The third-order valence-corrected chi connectivity index (χ3v) is 5.99. The highest BCUT2D eigenvalue weighted by Gasteiger charge is 2.23. The number of hydrogen-bond donors (Lipinski definition) is 1. The summed E-state index contributed by atoms with van der Waals surface area (Å²) in [6.45, 7) is 3.66. The van der Waals surface area contributed by atoms with Crippen LogP contribution in [0.1, 0.15) is 28.8 Å². The number of fused-ring (bicyclic) bond motifs is 1. The van der Waals surface area contributed by atoms with E-state index in [4.69, 9.17) is 14.2 Å². The minimum atomic E-state index is -0.174.